The molecule has 0 aliphatic rings. The summed E-state index contributed by atoms with van der Waals surface area (Å²) in [5.74, 6) is 0.127. The highest BCUT2D eigenvalue weighted by molar-refractivity contribution is 5.95. The summed E-state index contributed by atoms with van der Waals surface area (Å²) in [5.41, 5.74) is 3.40. The second-order valence-corrected chi connectivity index (χ2v) is 3.94. The van der Waals surface area contributed by atoms with Gasteiger partial charge in [0.2, 0.25) is 0 Å². The molecule has 0 saturated carbocycles. The molecule has 0 aliphatic carbocycles. The first-order chi connectivity index (χ1) is 9.58. The Labute approximate surface area is 114 Å². The second kappa shape index (κ2) is 5.79. The molecule has 0 saturated heterocycles. The first-order valence-corrected chi connectivity index (χ1v) is 5.70. The average molecular weight is 273 g/mol. The monoisotopic (exact) mass is 273 g/mol. The minimum Gasteiger partial charge on any atom is -0.469 e. The van der Waals surface area contributed by atoms with E-state index in [0.29, 0.717) is 16.9 Å². The Bertz CT molecular complexity index is 659. The lowest BCUT2D eigenvalue weighted by Gasteiger charge is -1.97. The van der Waals surface area contributed by atoms with Crippen LogP contribution in [-0.2, 0) is 0 Å². The lowest BCUT2D eigenvalue weighted by atomic mass is 10.2. The number of hydrogen-bond donors (Lipinski definition) is 1. The molecule has 0 radical (unpaired) electrons. The van der Waals surface area contributed by atoms with E-state index in [1.807, 2.05) is 0 Å². The third-order valence-corrected chi connectivity index (χ3v) is 2.59. The van der Waals surface area contributed by atoms with Crippen molar-refractivity contribution >= 4 is 17.8 Å². The molecular formula is C13H11N3O4. The average Bonchev–Trinajstić information content (AvgIpc) is 2.85. The van der Waals surface area contributed by atoms with E-state index in [2.05, 4.69) is 10.5 Å². The number of rotatable bonds is 4. The first-order valence-electron chi connectivity index (χ1n) is 5.70. The van der Waals surface area contributed by atoms with Gasteiger partial charge in [-0.2, -0.15) is 5.10 Å². The van der Waals surface area contributed by atoms with Gasteiger partial charge in [-0.3, -0.25) is 14.9 Å². The summed E-state index contributed by atoms with van der Waals surface area (Å²) in [6.45, 7) is 1.68. The summed E-state index contributed by atoms with van der Waals surface area (Å²) in [6, 6.07) is 7.35. The van der Waals surface area contributed by atoms with Crippen LogP contribution in [-0.4, -0.2) is 17.0 Å². The van der Waals surface area contributed by atoms with E-state index in [-0.39, 0.29) is 11.6 Å². The minimum atomic E-state index is -0.482. The molecule has 0 unspecified atom stereocenters. The normalized spacial score (nSPS) is 10.7. The van der Waals surface area contributed by atoms with Crippen molar-refractivity contribution in [1.82, 2.24) is 5.43 Å². The van der Waals surface area contributed by atoms with E-state index in [1.54, 1.807) is 13.0 Å². The van der Waals surface area contributed by atoms with Crippen molar-refractivity contribution in [3.8, 4) is 0 Å². The lowest BCUT2D eigenvalue weighted by molar-refractivity contribution is -0.384. The van der Waals surface area contributed by atoms with Crippen molar-refractivity contribution in [2.45, 2.75) is 6.92 Å². The molecule has 1 amide bonds. The van der Waals surface area contributed by atoms with Crippen LogP contribution in [0.1, 0.15) is 21.7 Å². The van der Waals surface area contributed by atoms with Crippen LogP contribution >= 0.6 is 0 Å². The number of furan rings is 1. The van der Waals surface area contributed by atoms with Gasteiger partial charge in [-0.25, -0.2) is 5.43 Å². The van der Waals surface area contributed by atoms with Crippen LogP contribution in [0.4, 0.5) is 5.69 Å². The van der Waals surface area contributed by atoms with E-state index >= 15 is 0 Å². The molecule has 7 nitrogen and oxygen atoms in total. The topological polar surface area (TPSA) is 97.7 Å². The Hall–Kier alpha value is -2.96. The number of nitro benzene ring substituents is 1. The van der Waals surface area contributed by atoms with Crippen molar-refractivity contribution in [2.24, 2.45) is 5.10 Å². The van der Waals surface area contributed by atoms with Gasteiger partial charge in [0.1, 0.15) is 5.76 Å². The number of nitrogens with one attached hydrogen (secondary N) is 1. The van der Waals surface area contributed by atoms with Gasteiger partial charge in [-0.05, 0) is 30.7 Å². The Morgan fingerprint density at radius 3 is 2.60 bits per heavy atom. The van der Waals surface area contributed by atoms with Crippen molar-refractivity contribution in [3.63, 3.8) is 0 Å². The van der Waals surface area contributed by atoms with Crippen molar-refractivity contribution in [1.29, 1.82) is 0 Å². The SMILES string of the molecule is Cc1occc1C(=O)N/N=C\c1ccc([N+](=O)[O-])cc1. The maximum atomic E-state index is 11.7. The quantitative estimate of drug-likeness (QED) is 0.524. The van der Waals surface area contributed by atoms with Crippen molar-refractivity contribution < 1.29 is 14.1 Å². The maximum Gasteiger partial charge on any atom is 0.274 e. The van der Waals surface area contributed by atoms with Crippen LogP contribution in [0.2, 0.25) is 0 Å². The van der Waals surface area contributed by atoms with Crippen molar-refractivity contribution in [3.05, 3.63) is 63.6 Å². The third kappa shape index (κ3) is 3.08. The number of benzene rings is 1. The lowest BCUT2D eigenvalue weighted by Crippen LogP contribution is -2.17. The summed E-state index contributed by atoms with van der Waals surface area (Å²) in [6.07, 6.45) is 2.82. The molecule has 20 heavy (non-hydrogen) atoms. The predicted octanol–water partition coefficient (Wildman–Crippen LogP) is 2.26. The number of non-ortho nitro benzene ring substituents is 1. The highest BCUT2D eigenvalue weighted by Gasteiger charge is 2.09. The Balaban J connectivity index is 1.98. The Morgan fingerprint density at radius 1 is 1.35 bits per heavy atom. The van der Waals surface area contributed by atoms with Gasteiger partial charge >= 0.3 is 0 Å². The zero-order chi connectivity index (χ0) is 14.5. The standard InChI is InChI=1S/C13H11N3O4/c1-9-12(6-7-20-9)13(17)15-14-8-10-2-4-11(5-3-10)16(18)19/h2-8H,1H3,(H,15,17)/b14-8-. The second-order valence-electron chi connectivity index (χ2n) is 3.94. The van der Waals surface area contributed by atoms with E-state index in [0.717, 1.165) is 0 Å². The summed E-state index contributed by atoms with van der Waals surface area (Å²) in [5, 5.41) is 14.3. The minimum absolute atomic E-state index is 0.000192. The molecule has 0 spiro atoms. The molecule has 0 atom stereocenters. The largest absolute Gasteiger partial charge is 0.469 e. The molecule has 7 heteroatoms. The van der Waals surface area contributed by atoms with Crippen LogP contribution in [0.3, 0.4) is 0 Å². The van der Waals surface area contributed by atoms with Crippen LogP contribution < -0.4 is 5.43 Å². The van der Waals surface area contributed by atoms with Gasteiger partial charge in [-0.15, -0.1) is 0 Å². The van der Waals surface area contributed by atoms with Gasteiger partial charge in [0.05, 0.1) is 23.0 Å². The highest BCUT2D eigenvalue weighted by Crippen LogP contribution is 2.10. The number of amides is 1. The summed E-state index contributed by atoms with van der Waals surface area (Å²) in [7, 11) is 0. The zero-order valence-corrected chi connectivity index (χ0v) is 10.6. The summed E-state index contributed by atoms with van der Waals surface area (Å²) in [4.78, 5) is 21.7. The molecule has 2 rings (SSSR count). The number of hydrogen-bond acceptors (Lipinski definition) is 5. The van der Waals surface area contributed by atoms with Gasteiger partial charge in [0, 0.05) is 12.1 Å². The molecule has 1 aromatic carbocycles. The Kier molecular flexibility index (Phi) is 3.90. The van der Waals surface area contributed by atoms with Gasteiger partial charge in [0.15, 0.2) is 0 Å². The van der Waals surface area contributed by atoms with Gasteiger partial charge in [0.25, 0.3) is 11.6 Å². The summed E-state index contributed by atoms with van der Waals surface area (Å²) >= 11 is 0. The van der Waals surface area contributed by atoms with E-state index in [4.69, 9.17) is 4.42 Å². The molecular weight excluding hydrogens is 262 g/mol. The molecule has 2 aromatic rings. The molecule has 0 fully saturated rings. The number of carbonyl (C=O) groups excluding carboxylic acids is 1. The molecule has 102 valence electrons. The third-order valence-electron chi connectivity index (χ3n) is 2.59. The predicted molar refractivity (Wildman–Crippen MR) is 71.6 cm³/mol. The molecule has 1 aromatic heterocycles. The van der Waals surface area contributed by atoms with E-state index in [9.17, 15) is 14.9 Å². The highest BCUT2D eigenvalue weighted by atomic mass is 16.6. The fourth-order valence-electron chi connectivity index (χ4n) is 1.53. The molecule has 1 heterocycles. The fourth-order valence-corrected chi connectivity index (χ4v) is 1.53. The fraction of sp³-hybridized carbons (Fsp3) is 0.0769. The van der Waals surface area contributed by atoms with Gasteiger partial charge in [-0.1, -0.05) is 0 Å². The Morgan fingerprint density at radius 2 is 2.05 bits per heavy atom. The van der Waals surface area contributed by atoms with Crippen LogP contribution in [0, 0.1) is 17.0 Å². The molecule has 0 aliphatic heterocycles. The van der Waals surface area contributed by atoms with Crippen LogP contribution in [0.15, 0.2) is 46.1 Å². The maximum absolute atomic E-state index is 11.7. The molecule has 0 bridgehead atoms. The smallest absolute Gasteiger partial charge is 0.274 e. The summed E-state index contributed by atoms with van der Waals surface area (Å²) < 4.78 is 5.01. The van der Waals surface area contributed by atoms with E-state index < -0.39 is 4.92 Å². The van der Waals surface area contributed by atoms with Gasteiger partial charge < -0.3 is 4.42 Å². The van der Waals surface area contributed by atoms with Crippen LogP contribution in [0.25, 0.3) is 0 Å². The zero-order valence-electron chi connectivity index (χ0n) is 10.6. The van der Waals surface area contributed by atoms with E-state index in [1.165, 1.54) is 36.7 Å². The first kappa shape index (κ1) is 13.5. The van der Waals surface area contributed by atoms with Crippen LogP contribution in [0.5, 0.6) is 0 Å². The number of nitrogens with zero attached hydrogens (tertiary/aromatic N) is 2. The number of nitro groups is 1. The molecule has 1 N–H and O–H groups in total. The van der Waals surface area contributed by atoms with Crippen molar-refractivity contribution in [2.75, 3.05) is 0 Å². The number of carbonyl (C=O) groups is 1. The number of hydrazone groups is 1. The number of aryl methyl sites for hydroxylation is 1.